The van der Waals surface area contributed by atoms with Gasteiger partial charge in [-0.1, -0.05) is 37.1 Å². The van der Waals surface area contributed by atoms with Crippen LogP contribution in [0.4, 0.5) is 0 Å². The lowest BCUT2D eigenvalue weighted by Crippen LogP contribution is -2.43. The van der Waals surface area contributed by atoms with E-state index in [1.54, 1.807) is 14.2 Å². The maximum Gasteiger partial charge on any atom is 0.216 e. The number of hydrogen-bond acceptors (Lipinski definition) is 4. The molecule has 1 fully saturated rings. The topological polar surface area (TPSA) is 91.8 Å². The second-order valence-corrected chi connectivity index (χ2v) is 10.3. The average Bonchev–Trinajstić information content (AvgIpc) is 3.15. The minimum atomic E-state index is -3.37. The molecule has 0 aromatic heterocycles. The van der Waals surface area contributed by atoms with E-state index in [0.717, 1.165) is 36.7 Å². The van der Waals surface area contributed by atoms with Crippen molar-refractivity contribution in [1.29, 1.82) is 0 Å². The van der Waals surface area contributed by atoms with Gasteiger partial charge >= 0.3 is 0 Å². The SMILES string of the molecule is CN=C(NCc1ccccc1CS(=O)(=O)NC(C)C)NCC1(CCOC)CCCC1.I. The third-order valence-corrected chi connectivity index (χ3v) is 7.20. The van der Waals surface area contributed by atoms with Crippen LogP contribution in [0.1, 0.15) is 57.1 Å². The van der Waals surface area contributed by atoms with Gasteiger partial charge in [-0.15, -0.1) is 24.0 Å². The van der Waals surface area contributed by atoms with Gasteiger partial charge in [0, 0.05) is 39.9 Å². The lowest BCUT2D eigenvalue weighted by Gasteiger charge is -2.30. The summed E-state index contributed by atoms with van der Waals surface area (Å²) in [5.74, 6) is 0.700. The van der Waals surface area contributed by atoms with E-state index < -0.39 is 10.0 Å². The minimum Gasteiger partial charge on any atom is -0.385 e. The lowest BCUT2D eigenvalue weighted by molar-refractivity contribution is 0.138. The number of hydrogen-bond donors (Lipinski definition) is 3. The summed E-state index contributed by atoms with van der Waals surface area (Å²) >= 11 is 0. The molecule has 31 heavy (non-hydrogen) atoms. The molecular weight excluding hydrogens is 527 g/mol. The number of sulfonamides is 1. The van der Waals surface area contributed by atoms with Crippen LogP contribution in [0.25, 0.3) is 0 Å². The van der Waals surface area contributed by atoms with Gasteiger partial charge in [0.25, 0.3) is 0 Å². The Labute approximate surface area is 205 Å². The molecule has 1 aliphatic rings. The van der Waals surface area contributed by atoms with Crippen LogP contribution in [0.15, 0.2) is 29.3 Å². The van der Waals surface area contributed by atoms with E-state index in [1.165, 1.54) is 25.7 Å². The molecule has 7 nitrogen and oxygen atoms in total. The highest BCUT2D eigenvalue weighted by Crippen LogP contribution is 2.40. The molecule has 1 aromatic rings. The Kier molecular flexibility index (Phi) is 12.3. The number of benzene rings is 1. The Morgan fingerprint density at radius 1 is 1.16 bits per heavy atom. The molecular formula is C22H39IN4O3S. The molecule has 0 atom stereocenters. The average molecular weight is 567 g/mol. The molecule has 0 bridgehead atoms. The summed E-state index contributed by atoms with van der Waals surface area (Å²) in [5.41, 5.74) is 2.01. The van der Waals surface area contributed by atoms with Crippen LogP contribution in [0.5, 0.6) is 0 Å². The van der Waals surface area contributed by atoms with E-state index in [4.69, 9.17) is 4.74 Å². The fourth-order valence-electron chi connectivity index (χ4n) is 4.11. The molecule has 1 saturated carbocycles. The normalized spacial score (nSPS) is 16.2. The van der Waals surface area contributed by atoms with Crippen molar-refractivity contribution >= 4 is 40.0 Å². The van der Waals surface area contributed by atoms with Crippen molar-refractivity contribution in [3.05, 3.63) is 35.4 Å². The Morgan fingerprint density at radius 3 is 2.39 bits per heavy atom. The molecule has 0 unspecified atom stereocenters. The fourth-order valence-corrected chi connectivity index (χ4v) is 5.60. The first-order valence-electron chi connectivity index (χ1n) is 10.8. The maximum atomic E-state index is 12.4. The van der Waals surface area contributed by atoms with Crippen molar-refractivity contribution in [2.75, 3.05) is 27.3 Å². The van der Waals surface area contributed by atoms with Gasteiger partial charge in [-0.2, -0.15) is 0 Å². The second kappa shape index (κ2) is 13.6. The van der Waals surface area contributed by atoms with Gasteiger partial charge in [-0.25, -0.2) is 13.1 Å². The summed E-state index contributed by atoms with van der Waals surface area (Å²) < 4.78 is 32.7. The smallest absolute Gasteiger partial charge is 0.216 e. The number of ether oxygens (including phenoxy) is 1. The number of nitrogens with zero attached hydrogens (tertiary/aromatic N) is 1. The third kappa shape index (κ3) is 9.63. The molecule has 1 aromatic carbocycles. The van der Waals surface area contributed by atoms with Crippen molar-refractivity contribution in [1.82, 2.24) is 15.4 Å². The predicted octanol–water partition coefficient (Wildman–Crippen LogP) is 3.39. The van der Waals surface area contributed by atoms with Gasteiger partial charge < -0.3 is 15.4 Å². The van der Waals surface area contributed by atoms with Crippen LogP contribution >= 0.6 is 24.0 Å². The Balaban J connectivity index is 0.00000480. The summed E-state index contributed by atoms with van der Waals surface area (Å²) in [6, 6.07) is 7.50. The number of halogens is 1. The molecule has 3 N–H and O–H groups in total. The monoisotopic (exact) mass is 566 g/mol. The van der Waals surface area contributed by atoms with E-state index in [1.807, 2.05) is 38.1 Å². The van der Waals surface area contributed by atoms with Crippen LogP contribution < -0.4 is 15.4 Å². The molecule has 178 valence electrons. The maximum absolute atomic E-state index is 12.4. The lowest BCUT2D eigenvalue weighted by atomic mass is 9.83. The first-order valence-corrected chi connectivity index (χ1v) is 12.4. The Morgan fingerprint density at radius 2 is 1.81 bits per heavy atom. The number of aliphatic imine (C=N–C) groups is 1. The van der Waals surface area contributed by atoms with E-state index in [0.29, 0.717) is 6.54 Å². The molecule has 0 aliphatic heterocycles. The zero-order chi connectivity index (χ0) is 22.0. The Hall–Kier alpha value is -0.910. The highest BCUT2D eigenvalue weighted by atomic mass is 127. The van der Waals surface area contributed by atoms with Crippen molar-refractivity contribution in [2.24, 2.45) is 10.4 Å². The molecule has 0 spiro atoms. The largest absolute Gasteiger partial charge is 0.385 e. The van der Waals surface area contributed by atoms with Crippen molar-refractivity contribution in [2.45, 2.75) is 64.3 Å². The van der Waals surface area contributed by atoms with Crippen LogP contribution in [0.3, 0.4) is 0 Å². The van der Waals surface area contributed by atoms with Crippen LogP contribution in [0.2, 0.25) is 0 Å². The van der Waals surface area contributed by atoms with Gasteiger partial charge in [0.15, 0.2) is 5.96 Å². The van der Waals surface area contributed by atoms with E-state index in [-0.39, 0.29) is 41.2 Å². The van der Waals surface area contributed by atoms with Gasteiger partial charge in [-0.3, -0.25) is 4.99 Å². The predicted molar refractivity (Wildman–Crippen MR) is 138 cm³/mol. The fraction of sp³-hybridized carbons (Fsp3) is 0.682. The molecule has 1 aliphatic carbocycles. The highest BCUT2D eigenvalue weighted by molar-refractivity contribution is 14.0. The first-order chi connectivity index (χ1) is 14.3. The van der Waals surface area contributed by atoms with Gasteiger partial charge in [-0.05, 0) is 49.7 Å². The number of methoxy groups -OCH3 is 1. The summed E-state index contributed by atoms with van der Waals surface area (Å²) in [7, 11) is 0.139. The highest BCUT2D eigenvalue weighted by Gasteiger charge is 2.33. The zero-order valence-electron chi connectivity index (χ0n) is 19.2. The van der Waals surface area contributed by atoms with Crippen molar-refractivity contribution in [3.63, 3.8) is 0 Å². The van der Waals surface area contributed by atoms with Crippen LogP contribution in [-0.4, -0.2) is 47.7 Å². The summed E-state index contributed by atoms with van der Waals surface area (Å²) in [5, 5.41) is 6.82. The third-order valence-electron chi connectivity index (χ3n) is 5.68. The van der Waals surface area contributed by atoms with Gasteiger partial charge in [0.1, 0.15) is 0 Å². The summed E-state index contributed by atoms with van der Waals surface area (Å²) in [6.07, 6.45) is 6.01. The molecule has 9 heteroatoms. The van der Waals surface area contributed by atoms with E-state index in [9.17, 15) is 8.42 Å². The van der Waals surface area contributed by atoms with Crippen LogP contribution in [0, 0.1) is 5.41 Å². The van der Waals surface area contributed by atoms with E-state index >= 15 is 0 Å². The summed E-state index contributed by atoms with van der Waals surface area (Å²) in [6.45, 7) is 5.80. The zero-order valence-corrected chi connectivity index (χ0v) is 22.4. The standard InChI is InChI=1S/C22H38N4O3S.HI/c1-18(2)26-30(27,28)16-20-10-6-5-9-19(20)15-24-21(23-3)25-17-22(13-14-29-4)11-7-8-12-22;/h5-6,9-10,18,26H,7-8,11-17H2,1-4H3,(H2,23,24,25);1H. The molecule has 2 rings (SSSR count). The van der Waals surface area contributed by atoms with Crippen molar-refractivity contribution in [3.8, 4) is 0 Å². The number of guanidine groups is 1. The molecule has 0 saturated heterocycles. The number of nitrogens with one attached hydrogen (secondary N) is 3. The Bertz CT molecular complexity index is 794. The minimum absolute atomic E-state index is 0. The van der Waals surface area contributed by atoms with Gasteiger partial charge in [0.2, 0.25) is 10.0 Å². The quantitative estimate of drug-likeness (QED) is 0.217. The molecule has 0 amide bonds. The molecule has 0 radical (unpaired) electrons. The second-order valence-electron chi connectivity index (χ2n) is 8.53. The van der Waals surface area contributed by atoms with Gasteiger partial charge in [0.05, 0.1) is 5.75 Å². The first kappa shape index (κ1) is 28.1. The van der Waals surface area contributed by atoms with Crippen molar-refractivity contribution < 1.29 is 13.2 Å². The molecule has 0 heterocycles. The van der Waals surface area contributed by atoms with Crippen LogP contribution in [-0.2, 0) is 27.1 Å². The number of rotatable bonds is 11. The summed E-state index contributed by atoms with van der Waals surface area (Å²) in [4.78, 5) is 4.35. The van der Waals surface area contributed by atoms with E-state index in [2.05, 4.69) is 20.3 Å².